The number of nitrogens with zero attached hydrogens (tertiary/aromatic N) is 4. The van der Waals surface area contributed by atoms with E-state index in [-0.39, 0.29) is 0 Å². The second-order valence-corrected chi connectivity index (χ2v) is 5.95. The molecule has 0 spiro atoms. The number of hydrogen-bond acceptors (Lipinski definition) is 4. The van der Waals surface area contributed by atoms with E-state index in [1.54, 1.807) is 0 Å². The molecule has 5 nitrogen and oxygen atoms in total. The minimum atomic E-state index is 0.475. The van der Waals surface area contributed by atoms with Crippen molar-refractivity contribution in [1.29, 1.82) is 0 Å². The van der Waals surface area contributed by atoms with Crippen LogP contribution < -0.4 is 4.90 Å². The molecule has 1 atom stereocenters. The predicted octanol–water partition coefficient (Wildman–Crippen LogP) is 2.74. The van der Waals surface area contributed by atoms with Crippen molar-refractivity contribution < 1.29 is 4.74 Å². The average molecular weight is 288 g/mol. The highest BCUT2D eigenvalue weighted by Crippen LogP contribution is 2.23. The number of ether oxygens (including phenoxy) is 1. The number of aryl methyl sites for hydroxylation is 1. The van der Waals surface area contributed by atoms with Crippen molar-refractivity contribution in [3.63, 3.8) is 0 Å². The maximum absolute atomic E-state index is 5.70. The lowest BCUT2D eigenvalue weighted by Crippen LogP contribution is -2.24. The van der Waals surface area contributed by atoms with Crippen LogP contribution in [0, 0.1) is 13.8 Å². The van der Waals surface area contributed by atoms with E-state index >= 15 is 0 Å². The zero-order valence-electron chi connectivity index (χ0n) is 13.2. The molecule has 0 aliphatic carbocycles. The van der Waals surface area contributed by atoms with Gasteiger partial charge in [-0.1, -0.05) is 0 Å². The average Bonchev–Trinajstić information content (AvgIpc) is 3.11. The summed E-state index contributed by atoms with van der Waals surface area (Å²) in [6.45, 7) is 6.14. The molecule has 0 N–H and O–H groups in total. The van der Waals surface area contributed by atoms with E-state index in [1.165, 1.54) is 18.4 Å². The van der Waals surface area contributed by atoms with Crippen LogP contribution in [0.5, 0.6) is 0 Å². The number of hydrogen-bond donors (Lipinski definition) is 0. The molecule has 1 unspecified atom stereocenters. The zero-order chi connectivity index (χ0) is 14.8. The lowest BCUT2D eigenvalue weighted by Gasteiger charge is -2.23. The maximum atomic E-state index is 5.70. The Morgan fingerprint density at radius 2 is 2.29 bits per heavy atom. The van der Waals surface area contributed by atoms with Crippen molar-refractivity contribution in [2.24, 2.45) is 0 Å². The van der Waals surface area contributed by atoms with Crippen LogP contribution >= 0.6 is 0 Å². The SMILES string of the molecule is Cc1nc2ccnn2c(N(C)CCCC2CCCO2)c1C. The Labute approximate surface area is 125 Å². The Morgan fingerprint density at radius 1 is 1.43 bits per heavy atom. The molecular formula is C16H24N4O. The molecule has 3 rings (SSSR count). The predicted molar refractivity (Wildman–Crippen MR) is 83.9 cm³/mol. The molecule has 5 heteroatoms. The van der Waals surface area contributed by atoms with E-state index < -0.39 is 0 Å². The Hall–Kier alpha value is -1.62. The fourth-order valence-electron chi connectivity index (χ4n) is 3.10. The van der Waals surface area contributed by atoms with Crippen molar-refractivity contribution >= 4 is 11.5 Å². The van der Waals surface area contributed by atoms with Gasteiger partial charge in [0.2, 0.25) is 0 Å². The number of fused-ring (bicyclic) bond motifs is 1. The standard InChI is InChI=1S/C16H24N4O/c1-12-13(2)18-15-8-9-17-20(15)16(12)19(3)10-4-6-14-7-5-11-21-14/h8-9,14H,4-7,10-11H2,1-3H3. The molecule has 1 fully saturated rings. The van der Waals surface area contributed by atoms with Crippen LogP contribution in [0.25, 0.3) is 5.65 Å². The Balaban J connectivity index is 1.72. The van der Waals surface area contributed by atoms with Crippen molar-refractivity contribution in [3.05, 3.63) is 23.5 Å². The summed E-state index contributed by atoms with van der Waals surface area (Å²) in [4.78, 5) is 6.87. The first-order valence-corrected chi connectivity index (χ1v) is 7.80. The molecule has 2 aromatic rings. The van der Waals surface area contributed by atoms with E-state index in [9.17, 15) is 0 Å². The zero-order valence-corrected chi connectivity index (χ0v) is 13.2. The van der Waals surface area contributed by atoms with Crippen molar-refractivity contribution in [2.75, 3.05) is 25.1 Å². The lowest BCUT2D eigenvalue weighted by molar-refractivity contribution is 0.103. The van der Waals surface area contributed by atoms with Crippen LogP contribution in [0.2, 0.25) is 0 Å². The first-order chi connectivity index (χ1) is 10.2. The smallest absolute Gasteiger partial charge is 0.157 e. The Kier molecular flexibility index (Phi) is 4.10. The molecule has 0 bridgehead atoms. The van der Waals surface area contributed by atoms with Gasteiger partial charge in [0.1, 0.15) is 5.82 Å². The van der Waals surface area contributed by atoms with Crippen molar-refractivity contribution in [3.8, 4) is 0 Å². The summed E-state index contributed by atoms with van der Waals surface area (Å²) in [6, 6.07) is 1.95. The fourth-order valence-corrected chi connectivity index (χ4v) is 3.10. The third-order valence-electron chi connectivity index (χ3n) is 4.39. The topological polar surface area (TPSA) is 42.7 Å². The van der Waals surface area contributed by atoms with E-state index in [0.29, 0.717) is 6.10 Å². The Bertz CT molecular complexity index is 616. The minimum absolute atomic E-state index is 0.475. The second-order valence-electron chi connectivity index (χ2n) is 5.95. The summed E-state index contributed by atoms with van der Waals surface area (Å²) >= 11 is 0. The van der Waals surface area contributed by atoms with Gasteiger partial charge in [0, 0.05) is 37.5 Å². The maximum Gasteiger partial charge on any atom is 0.157 e. The summed E-state index contributed by atoms with van der Waals surface area (Å²) in [5, 5.41) is 4.42. The molecule has 0 amide bonds. The lowest BCUT2D eigenvalue weighted by atomic mass is 10.1. The van der Waals surface area contributed by atoms with E-state index in [0.717, 1.165) is 43.2 Å². The summed E-state index contributed by atoms with van der Waals surface area (Å²) in [5.41, 5.74) is 3.19. The van der Waals surface area contributed by atoms with Gasteiger partial charge in [0.05, 0.1) is 12.3 Å². The molecule has 1 aliphatic heterocycles. The monoisotopic (exact) mass is 288 g/mol. The van der Waals surface area contributed by atoms with Crippen LogP contribution in [-0.4, -0.2) is 40.9 Å². The van der Waals surface area contributed by atoms with Crippen molar-refractivity contribution in [2.45, 2.75) is 45.6 Å². The van der Waals surface area contributed by atoms with Gasteiger partial charge in [-0.25, -0.2) is 4.98 Å². The van der Waals surface area contributed by atoms with Crippen molar-refractivity contribution in [1.82, 2.24) is 14.6 Å². The molecule has 114 valence electrons. The number of rotatable bonds is 5. The van der Waals surface area contributed by atoms with E-state index in [4.69, 9.17) is 4.74 Å². The molecule has 0 saturated carbocycles. The minimum Gasteiger partial charge on any atom is -0.378 e. The molecule has 1 aliphatic rings. The van der Waals surface area contributed by atoms with Gasteiger partial charge in [-0.3, -0.25) is 0 Å². The molecule has 3 heterocycles. The molecule has 0 aromatic carbocycles. The largest absolute Gasteiger partial charge is 0.378 e. The van der Waals surface area contributed by atoms with E-state index in [2.05, 4.69) is 35.9 Å². The fraction of sp³-hybridized carbons (Fsp3) is 0.625. The summed E-state index contributed by atoms with van der Waals surface area (Å²) in [6.07, 6.45) is 7.02. The third-order valence-corrected chi connectivity index (χ3v) is 4.39. The quantitative estimate of drug-likeness (QED) is 0.848. The summed E-state index contributed by atoms with van der Waals surface area (Å²) in [5.74, 6) is 1.15. The van der Waals surface area contributed by atoms with Crippen LogP contribution in [-0.2, 0) is 4.74 Å². The highest BCUT2D eigenvalue weighted by Gasteiger charge is 2.17. The van der Waals surface area contributed by atoms with Gasteiger partial charge < -0.3 is 9.64 Å². The van der Waals surface area contributed by atoms with Gasteiger partial charge in [0.25, 0.3) is 0 Å². The highest BCUT2D eigenvalue weighted by molar-refractivity contribution is 5.55. The van der Waals surface area contributed by atoms with Gasteiger partial charge in [0.15, 0.2) is 5.65 Å². The van der Waals surface area contributed by atoms with Crippen LogP contribution in [0.1, 0.15) is 36.9 Å². The van der Waals surface area contributed by atoms with Crippen LogP contribution in [0.3, 0.4) is 0 Å². The van der Waals surface area contributed by atoms with Gasteiger partial charge in [-0.2, -0.15) is 9.61 Å². The van der Waals surface area contributed by atoms with Crippen LogP contribution in [0.4, 0.5) is 5.82 Å². The van der Waals surface area contributed by atoms with E-state index in [1.807, 2.05) is 16.8 Å². The third kappa shape index (κ3) is 2.88. The number of anilines is 1. The molecule has 1 saturated heterocycles. The Morgan fingerprint density at radius 3 is 3.05 bits per heavy atom. The molecule has 0 radical (unpaired) electrons. The summed E-state index contributed by atoms with van der Waals surface area (Å²) < 4.78 is 7.63. The molecular weight excluding hydrogens is 264 g/mol. The van der Waals surface area contributed by atoms with Gasteiger partial charge in [-0.05, 0) is 39.5 Å². The first kappa shape index (κ1) is 14.3. The van der Waals surface area contributed by atoms with Crippen LogP contribution in [0.15, 0.2) is 12.3 Å². The highest BCUT2D eigenvalue weighted by atomic mass is 16.5. The molecule has 21 heavy (non-hydrogen) atoms. The second kappa shape index (κ2) is 6.02. The normalized spacial score (nSPS) is 18.5. The van der Waals surface area contributed by atoms with Gasteiger partial charge >= 0.3 is 0 Å². The summed E-state index contributed by atoms with van der Waals surface area (Å²) in [7, 11) is 2.14. The number of aromatic nitrogens is 3. The van der Waals surface area contributed by atoms with Gasteiger partial charge in [-0.15, -0.1) is 0 Å². The molecule has 2 aromatic heterocycles. The first-order valence-electron chi connectivity index (χ1n) is 7.80.